The molecule has 1 aromatic carbocycles. The SMILES string of the molecule is Cc1ccnn1CCCNC(=O)c1ccn(COc2ccccc2)n1. The Labute approximate surface area is 146 Å². The normalized spacial score (nSPS) is 10.6. The molecule has 7 heteroatoms. The van der Waals surface area contributed by atoms with Gasteiger partial charge >= 0.3 is 0 Å². The summed E-state index contributed by atoms with van der Waals surface area (Å²) in [6.07, 6.45) is 4.31. The van der Waals surface area contributed by atoms with Gasteiger partial charge in [0, 0.05) is 31.2 Å². The summed E-state index contributed by atoms with van der Waals surface area (Å²) < 4.78 is 9.11. The zero-order valence-electron chi connectivity index (χ0n) is 14.1. The highest BCUT2D eigenvalue weighted by Gasteiger charge is 2.09. The Morgan fingerprint density at radius 2 is 2.04 bits per heavy atom. The Morgan fingerprint density at radius 3 is 2.80 bits per heavy atom. The van der Waals surface area contributed by atoms with Crippen LogP contribution in [0.1, 0.15) is 22.6 Å². The van der Waals surface area contributed by atoms with Crippen molar-refractivity contribution in [2.75, 3.05) is 6.54 Å². The molecule has 0 radical (unpaired) electrons. The van der Waals surface area contributed by atoms with Gasteiger partial charge in [0.15, 0.2) is 6.73 Å². The lowest BCUT2D eigenvalue weighted by molar-refractivity contribution is 0.0945. The number of rotatable bonds is 8. The van der Waals surface area contributed by atoms with Gasteiger partial charge in [0.1, 0.15) is 11.4 Å². The van der Waals surface area contributed by atoms with Crippen LogP contribution in [0.2, 0.25) is 0 Å². The van der Waals surface area contributed by atoms with E-state index >= 15 is 0 Å². The average molecular weight is 339 g/mol. The molecule has 130 valence electrons. The zero-order valence-corrected chi connectivity index (χ0v) is 14.1. The summed E-state index contributed by atoms with van der Waals surface area (Å²) in [4.78, 5) is 12.1. The summed E-state index contributed by atoms with van der Waals surface area (Å²) >= 11 is 0. The maximum Gasteiger partial charge on any atom is 0.271 e. The molecule has 1 amide bonds. The fourth-order valence-electron chi connectivity index (χ4n) is 2.37. The van der Waals surface area contributed by atoms with Crippen molar-refractivity contribution in [3.8, 4) is 5.75 Å². The number of nitrogens with zero attached hydrogens (tertiary/aromatic N) is 4. The summed E-state index contributed by atoms with van der Waals surface area (Å²) in [7, 11) is 0. The van der Waals surface area contributed by atoms with Crippen molar-refractivity contribution in [2.24, 2.45) is 0 Å². The first-order chi connectivity index (χ1) is 12.2. The van der Waals surface area contributed by atoms with Gasteiger partial charge in [-0.15, -0.1) is 0 Å². The molecule has 0 spiro atoms. The number of aromatic nitrogens is 4. The van der Waals surface area contributed by atoms with E-state index in [-0.39, 0.29) is 12.6 Å². The van der Waals surface area contributed by atoms with Crippen LogP contribution in [0.5, 0.6) is 5.75 Å². The molecule has 0 bridgehead atoms. The van der Waals surface area contributed by atoms with E-state index in [4.69, 9.17) is 4.74 Å². The van der Waals surface area contributed by atoms with Crippen LogP contribution >= 0.6 is 0 Å². The second-order valence-corrected chi connectivity index (χ2v) is 5.63. The third-order valence-electron chi connectivity index (χ3n) is 3.74. The van der Waals surface area contributed by atoms with Crippen LogP contribution in [0.15, 0.2) is 54.9 Å². The van der Waals surface area contributed by atoms with Crippen molar-refractivity contribution < 1.29 is 9.53 Å². The van der Waals surface area contributed by atoms with Crippen LogP contribution < -0.4 is 10.1 Å². The summed E-state index contributed by atoms with van der Waals surface area (Å²) in [5.74, 6) is 0.577. The minimum absolute atomic E-state index is 0.185. The topological polar surface area (TPSA) is 74.0 Å². The molecular formula is C18H21N5O2. The molecule has 0 aliphatic carbocycles. The van der Waals surface area contributed by atoms with Gasteiger partial charge in [0.2, 0.25) is 0 Å². The fourth-order valence-corrected chi connectivity index (χ4v) is 2.37. The van der Waals surface area contributed by atoms with Gasteiger partial charge in [0.25, 0.3) is 5.91 Å². The molecular weight excluding hydrogens is 318 g/mol. The molecule has 1 N–H and O–H groups in total. The van der Waals surface area contributed by atoms with Gasteiger partial charge < -0.3 is 10.1 Å². The fraction of sp³-hybridized carbons (Fsp3) is 0.278. The van der Waals surface area contributed by atoms with Gasteiger partial charge in [-0.3, -0.25) is 9.48 Å². The van der Waals surface area contributed by atoms with E-state index in [1.165, 1.54) is 0 Å². The molecule has 0 saturated carbocycles. The lowest BCUT2D eigenvalue weighted by Gasteiger charge is -2.06. The maximum atomic E-state index is 12.1. The quantitative estimate of drug-likeness (QED) is 0.639. The van der Waals surface area contributed by atoms with Gasteiger partial charge in [-0.1, -0.05) is 18.2 Å². The second kappa shape index (κ2) is 8.14. The first-order valence-electron chi connectivity index (χ1n) is 8.20. The van der Waals surface area contributed by atoms with Gasteiger partial charge in [-0.25, -0.2) is 4.68 Å². The van der Waals surface area contributed by atoms with Crippen molar-refractivity contribution >= 4 is 5.91 Å². The Kier molecular flexibility index (Phi) is 5.46. The van der Waals surface area contributed by atoms with E-state index in [0.29, 0.717) is 12.2 Å². The number of nitrogens with one attached hydrogen (secondary N) is 1. The molecule has 2 aromatic heterocycles. The van der Waals surface area contributed by atoms with Crippen LogP contribution in [0, 0.1) is 6.92 Å². The van der Waals surface area contributed by atoms with Crippen molar-refractivity contribution in [2.45, 2.75) is 26.6 Å². The molecule has 0 fully saturated rings. The number of benzene rings is 1. The number of amides is 1. The highest BCUT2D eigenvalue weighted by Crippen LogP contribution is 2.09. The summed E-state index contributed by atoms with van der Waals surface area (Å²) in [5.41, 5.74) is 1.50. The number of ether oxygens (including phenoxy) is 1. The molecule has 0 saturated heterocycles. The van der Waals surface area contributed by atoms with E-state index in [2.05, 4.69) is 15.5 Å². The summed E-state index contributed by atoms with van der Waals surface area (Å²) in [5, 5.41) is 11.3. The standard InChI is InChI=1S/C18H21N5O2/c1-15-8-11-20-23(15)12-5-10-19-18(24)17-9-13-22(21-17)14-25-16-6-3-2-4-7-16/h2-4,6-9,11,13H,5,10,12,14H2,1H3,(H,19,24). The van der Waals surface area contributed by atoms with Gasteiger partial charge in [0.05, 0.1) is 0 Å². The molecule has 25 heavy (non-hydrogen) atoms. The number of carbonyl (C=O) groups is 1. The predicted molar refractivity (Wildman–Crippen MR) is 93.2 cm³/mol. The van der Waals surface area contributed by atoms with E-state index in [1.807, 2.05) is 48.0 Å². The van der Waals surface area contributed by atoms with E-state index < -0.39 is 0 Å². The Morgan fingerprint density at radius 1 is 1.20 bits per heavy atom. The molecule has 3 aromatic rings. The van der Waals surface area contributed by atoms with Crippen LogP contribution in [0.25, 0.3) is 0 Å². The average Bonchev–Trinajstić information content (AvgIpc) is 3.27. The van der Waals surface area contributed by atoms with E-state index in [1.54, 1.807) is 23.1 Å². The Hall–Kier alpha value is -3.09. The molecule has 0 atom stereocenters. The van der Waals surface area contributed by atoms with Gasteiger partial charge in [-0.2, -0.15) is 10.2 Å². The van der Waals surface area contributed by atoms with Crippen LogP contribution in [0.3, 0.4) is 0 Å². The minimum Gasteiger partial charge on any atom is -0.471 e. The lowest BCUT2D eigenvalue weighted by atomic mass is 10.3. The van der Waals surface area contributed by atoms with Crippen LogP contribution in [-0.4, -0.2) is 32.0 Å². The third-order valence-corrected chi connectivity index (χ3v) is 3.74. The monoisotopic (exact) mass is 339 g/mol. The molecule has 3 rings (SSSR count). The Balaban J connectivity index is 1.42. The van der Waals surface area contributed by atoms with E-state index in [9.17, 15) is 4.79 Å². The summed E-state index contributed by atoms with van der Waals surface area (Å²) in [6, 6.07) is 13.1. The number of hydrogen-bond donors (Lipinski definition) is 1. The largest absolute Gasteiger partial charge is 0.471 e. The van der Waals surface area contributed by atoms with Crippen LogP contribution in [-0.2, 0) is 13.3 Å². The minimum atomic E-state index is -0.185. The van der Waals surface area contributed by atoms with Crippen LogP contribution in [0.4, 0.5) is 0 Å². The number of aryl methyl sites for hydroxylation is 2. The highest BCUT2D eigenvalue weighted by molar-refractivity contribution is 5.92. The third kappa shape index (κ3) is 4.69. The number of para-hydroxylation sites is 1. The second-order valence-electron chi connectivity index (χ2n) is 5.63. The summed E-state index contributed by atoms with van der Waals surface area (Å²) in [6.45, 7) is 3.62. The Bertz CT molecular complexity index is 810. The highest BCUT2D eigenvalue weighted by atomic mass is 16.5. The molecule has 0 aliphatic rings. The molecule has 2 heterocycles. The van der Waals surface area contributed by atoms with Crippen molar-refractivity contribution in [1.29, 1.82) is 0 Å². The first kappa shape index (κ1) is 16.8. The smallest absolute Gasteiger partial charge is 0.271 e. The maximum absolute atomic E-state index is 12.1. The van der Waals surface area contributed by atoms with Crippen molar-refractivity contribution in [3.05, 3.63) is 66.2 Å². The predicted octanol–water partition coefficient (Wildman–Crippen LogP) is 2.24. The van der Waals surface area contributed by atoms with Crippen molar-refractivity contribution in [3.63, 3.8) is 0 Å². The molecule has 0 aliphatic heterocycles. The number of carbonyl (C=O) groups excluding carboxylic acids is 1. The number of hydrogen-bond acceptors (Lipinski definition) is 4. The van der Waals surface area contributed by atoms with Crippen molar-refractivity contribution in [1.82, 2.24) is 24.9 Å². The molecule has 7 nitrogen and oxygen atoms in total. The molecule has 0 unspecified atom stereocenters. The first-order valence-corrected chi connectivity index (χ1v) is 8.20. The lowest BCUT2D eigenvalue weighted by Crippen LogP contribution is -2.26. The van der Waals surface area contributed by atoms with Gasteiger partial charge in [-0.05, 0) is 37.6 Å². The van der Waals surface area contributed by atoms with E-state index in [0.717, 1.165) is 24.4 Å². The zero-order chi connectivity index (χ0) is 17.5.